The second kappa shape index (κ2) is 6.69. The van der Waals surface area contributed by atoms with Crippen molar-refractivity contribution < 1.29 is 27.8 Å². The summed E-state index contributed by atoms with van der Waals surface area (Å²) in [6.45, 7) is 1.44. The summed E-state index contributed by atoms with van der Waals surface area (Å²) in [7, 11) is -3.04. The van der Waals surface area contributed by atoms with Gasteiger partial charge in [-0.25, -0.2) is 21.9 Å². The number of carbonyl (C=O) groups is 1. The molecule has 1 aromatic carbocycles. The highest BCUT2D eigenvalue weighted by Gasteiger charge is 2.28. The van der Waals surface area contributed by atoms with Crippen LogP contribution in [0.5, 0.6) is 0 Å². The van der Waals surface area contributed by atoms with Crippen LogP contribution in [0.15, 0.2) is 17.0 Å². The summed E-state index contributed by atoms with van der Waals surface area (Å²) in [5.41, 5.74) is -0.815. The molecule has 0 bridgehead atoms. The van der Waals surface area contributed by atoms with E-state index in [1.807, 2.05) is 0 Å². The Morgan fingerprint density at radius 3 is 2.52 bits per heavy atom. The monoisotopic (exact) mass is 339 g/mol. The quantitative estimate of drug-likeness (QED) is 0.820. The fourth-order valence-electron chi connectivity index (χ4n) is 1.56. The van der Waals surface area contributed by atoms with Crippen molar-refractivity contribution >= 4 is 27.6 Å². The minimum Gasteiger partial charge on any atom is -0.478 e. The first-order chi connectivity index (χ1) is 9.57. The average molecular weight is 340 g/mol. The van der Waals surface area contributed by atoms with Crippen molar-refractivity contribution in [1.29, 1.82) is 0 Å². The maximum absolute atomic E-state index is 14.1. The number of benzene rings is 1. The Morgan fingerprint density at radius 2 is 2.05 bits per heavy atom. The lowest BCUT2D eigenvalue weighted by atomic mass is 10.2. The normalized spacial score (nSPS) is 13.4. The molecule has 0 saturated heterocycles. The molecule has 1 aromatic rings. The van der Waals surface area contributed by atoms with Crippen LogP contribution >= 0.6 is 11.6 Å². The first kappa shape index (κ1) is 17.8. The number of aromatic carboxylic acids is 1. The number of aliphatic hydroxyl groups is 1. The van der Waals surface area contributed by atoms with Crippen molar-refractivity contribution in [2.75, 3.05) is 13.6 Å². The Kier molecular flexibility index (Phi) is 5.68. The smallest absolute Gasteiger partial charge is 0.338 e. The van der Waals surface area contributed by atoms with Crippen molar-refractivity contribution in [3.05, 3.63) is 28.5 Å². The van der Waals surface area contributed by atoms with E-state index in [0.29, 0.717) is 0 Å². The van der Waals surface area contributed by atoms with Crippen molar-refractivity contribution in [3.63, 3.8) is 0 Å². The van der Waals surface area contributed by atoms with E-state index < -0.39 is 38.4 Å². The van der Waals surface area contributed by atoms with Crippen LogP contribution in [0.4, 0.5) is 4.39 Å². The van der Waals surface area contributed by atoms with Crippen molar-refractivity contribution in [3.8, 4) is 0 Å². The Hall–Kier alpha value is -1.22. The van der Waals surface area contributed by atoms with Crippen LogP contribution < -0.4 is 0 Å². The SMILES string of the molecule is CC(O)CCN(C)S(=O)(=O)c1cc(Cl)cc(C(=O)O)c1F. The molecule has 0 saturated carbocycles. The molecule has 6 nitrogen and oxygen atoms in total. The lowest BCUT2D eigenvalue weighted by Gasteiger charge is -2.19. The zero-order chi connectivity index (χ0) is 16.4. The van der Waals surface area contributed by atoms with E-state index in [0.717, 1.165) is 16.4 Å². The Bertz CT molecular complexity index is 647. The minimum atomic E-state index is -4.24. The molecular weight excluding hydrogens is 325 g/mol. The van der Waals surface area contributed by atoms with Gasteiger partial charge >= 0.3 is 5.97 Å². The van der Waals surface area contributed by atoms with Crippen molar-refractivity contribution in [1.82, 2.24) is 4.31 Å². The molecule has 0 aliphatic carbocycles. The predicted molar refractivity (Wildman–Crippen MR) is 74.5 cm³/mol. The number of nitrogens with zero attached hydrogens (tertiary/aromatic N) is 1. The highest BCUT2D eigenvalue weighted by Crippen LogP contribution is 2.26. The van der Waals surface area contributed by atoms with Gasteiger partial charge < -0.3 is 10.2 Å². The van der Waals surface area contributed by atoms with Crippen molar-refractivity contribution in [2.45, 2.75) is 24.3 Å². The Balaban J connectivity index is 3.28. The van der Waals surface area contributed by atoms with Crippen LogP contribution in [-0.4, -0.2) is 48.6 Å². The molecule has 0 heterocycles. The topological polar surface area (TPSA) is 94.9 Å². The molecule has 9 heteroatoms. The largest absolute Gasteiger partial charge is 0.478 e. The molecule has 0 aliphatic rings. The summed E-state index contributed by atoms with van der Waals surface area (Å²) in [6.07, 6.45) is -0.564. The standard InChI is InChI=1S/C12H15ClFNO5S/c1-7(16)3-4-15(2)21(19,20)10-6-8(13)5-9(11(10)14)12(17)18/h5-7,16H,3-4H2,1-2H3,(H,17,18). The summed E-state index contributed by atoms with van der Waals surface area (Å²) >= 11 is 5.65. The first-order valence-corrected chi connectivity index (χ1v) is 7.76. The summed E-state index contributed by atoms with van der Waals surface area (Å²) in [5, 5.41) is 17.8. The fourth-order valence-corrected chi connectivity index (χ4v) is 3.14. The average Bonchev–Trinajstić information content (AvgIpc) is 2.37. The Morgan fingerprint density at radius 1 is 1.48 bits per heavy atom. The number of carboxylic acids is 1. The molecule has 0 amide bonds. The molecule has 0 radical (unpaired) electrons. The van der Waals surface area contributed by atoms with Gasteiger partial charge in [-0.3, -0.25) is 0 Å². The van der Waals surface area contributed by atoms with E-state index >= 15 is 0 Å². The van der Waals surface area contributed by atoms with E-state index in [9.17, 15) is 17.6 Å². The van der Waals surface area contributed by atoms with Crippen LogP contribution in [0.2, 0.25) is 5.02 Å². The third-order valence-corrected chi connectivity index (χ3v) is 4.86. The molecule has 1 atom stereocenters. The van der Waals surface area contributed by atoms with Gasteiger partial charge in [-0.05, 0) is 25.5 Å². The molecule has 0 fully saturated rings. The van der Waals surface area contributed by atoms with E-state index in [2.05, 4.69) is 0 Å². The zero-order valence-corrected chi connectivity index (χ0v) is 12.9. The predicted octanol–water partition coefficient (Wildman–Crippen LogP) is 1.57. The number of hydrogen-bond acceptors (Lipinski definition) is 4. The number of halogens is 2. The molecule has 2 N–H and O–H groups in total. The molecular formula is C12H15ClFNO5S. The summed E-state index contributed by atoms with van der Waals surface area (Å²) in [4.78, 5) is 10.1. The van der Waals surface area contributed by atoms with E-state index in [4.69, 9.17) is 21.8 Å². The Labute approximate surface area is 126 Å². The van der Waals surface area contributed by atoms with Gasteiger partial charge in [-0.1, -0.05) is 11.6 Å². The van der Waals surface area contributed by atoms with E-state index in [1.54, 1.807) is 0 Å². The van der Waals surface area contributed by atoms with Gasteiger partial charge in [0.15, 0.2) is 5.82 Å². The maximum Gasteiger partial charge on any atom is 0.338 e. The van der Waals surface area contributed by atoms with Gasteiger partial charge in [-0.15, -0.1) is 0 Å². The van der Waals surface area contributed by atoms with Gasteiger partial charge in [0.25, 0.3) is 0 Å². The number of carboxylic acid groups (broad SMARTS) is 1. The van der Waals surface area contributed by atoms with E-state index in [-0.39, 0.29) is 18.0 Å². The zero-order valence-electron chi connectivity index (χ0n) is 11.4. The van der Waals surface area contributed by atoms with Gasteiger partial charge in [0, 0.05) is 18.6 Å². The number of rotatable bonds is 6. The molecule has 1 unspecified atom stereocenters. The summed E-state index contributed by atoms with van der Waals surface area (Å²) in [6, 6.07) is 1.70. The van der Waals surface area contributed by atoms with Crippen molar-refractivity contribution in [2.24, 2.45) is 0 Å². The molecule has 0 aliphatic heterocycles. The number of aliphatic hydroxyl groups excluding tert-OH is 1. The minimum absolute atomic E-state index is 0.0473. The van der Waals surface area contributed by atoms with E-state index in [1.165, 1.54) is 14.0 Å². The van der Waals surface area contributed by atoms with Crippen LogP contribution in [-0.2, 0) is 10.0 Å². The maximum atomic E-state index is 14.1. The molecule has 1 rings (SSSR count). The van der Waals surface area contributed by atoms with Crippen LogP contribution in [0.25, 0.3) is 0 Å². The van der Waals surface area contributed by atoms with Gasteiger partial charge in [-0.2, -0.15) is 0 Å². The van der Waals surface area contributed by atoms with Gasteiger partial charge in [0.2, 0.25) is 10.0 Å². The number of hydrogen-bond donors (Lipinski definition) is 2. The third-order valence-electron chi connectivity index (χ3n) is 2.78. The van der Waals surface area contributed by atoms with Gasteiger partial charge in [0.1, 0.15) is 4.90 Å². The fraction of sp³-hybridized carbons (Fsp3) is 0.417. The van der Waals surface area contributed by atoms with Gasteiger partial charge in [0.05, 0.1) is 11.7 Å². The van der Waals surface area contributed by atoms with Crippen LogP contribution in [0.3, 0.4) is 0 Å². The first-order valence-electron chi connectivity index (χ1n) is 5.94. The highest BCUT2D eigenvalue weighted by molar-refractivity contribution is 7.89. The number of sulfonamides is 1. The summed E-state index contributed by atoms with van der Waals surface area (Å²) < 4.78 is 39.4. The molecule has 0 spiro atoms. The highest BCUT2D eigenvalue weighted by atomic mass is 35.5. The second-order valence-corrected chi connectivity index (χ2v) is 6.98. The lowest BCUT2D eigenvalue weighted by molar-refractivity contribution is 0.0691. The third kappa shape index (κ3) is 4.13. The van der Waals surface area contributed by atoms with Crippen LogP contribution in [0, 0.1) is 5.82 Å². The summed E-state index contributed by atoms with van der Waals surface area (Å²) in [5.74, 6) is -2.98. The second-order valence-electron chi connectivity index (χ2n) is 4.53. The molecule has 0 aromatic heterocycles. The van der Waals surface area contributed by atoms with Crippen LogP contribution in [0.1, 0.15) is 23.7 Å². The molecule has 21 heavy (non-hydrogen) atoms. The lowest BCUT2D eigenvalue weighted by Crippen LogP contribution is -2.30. The molecule has 118 valence electrons.